The van der Waals surface area contributed by atoms with Crippen LogP contribution in [0.25, 0.3) is 0 Å². The Balaban J connectivity index is 2.35. The van der Waals surface area contributed by atoms with E-state index in [0.717, 1.165) is 11.3 Å². The Labute approximate surface area is 138 Å². The maximum Gasteiger partial charge on any atom is 0.316 e. The Hall–Kier alpha value is -1.93. The number of nitrogens with zero attached hydrogens (tertiary/aromatic N) is 1. The first kappa shape index (κ1) is 17.4. The number of hydrogen-bond acceptors (Lipinski definition) is 4. The molecule has 1 aromatic carbocycles. The second-order valence-corrected chi connectivity index (χ2v) is 8.40. The molecule has 1 aromatic heterocycles. The minimum Gasteiger partial charge on any atom is -0.336 e. The lowest BCUT2D eigenvalue weighted by molar-refractivity contribution is 0.217. The molecular formula is C15H17FN2O3S2. The minimum atomic E-state index is -3.68. The number of rotatable bonds is 5. The normalized spacial score (nSPS) is 12.7. The van der Waals surface area contributed by atoms with Gasteiger partial charge in [-0.1, -0.05) is 18.2 Å². The molecule has 0 saturated carbocycles. The van der Waals surface area contributed by atoms with Crippen LogP contribution in [0.1, 0.15) is 10.8 Å². The molecule has 23 heavy (non-hydrogen) atoms. The van der Waals surface area contributed by atoms with Gasteiger partial charge in [-0.25, -0.2) is 17.6 Å². The van der Waals surface area contributed by atoms with Crippen LogP contribution in [0, 0.1) is 5.82 Å². The largest absolute Gasteiger partial charge is 0.336 e. The Morgan fingerprint density at radius 3 is 2.43 bits per heavy atom. The smallest absolute Gasteiger partial charge is 0.316 e. The summed E-state index contributed by atoms with van der Waals surface area (Å²) >= 11 is 1.11. The highest BCUT2D eigenvalue weighted by atomic mass is 32.2. The van der Waals surface area contributed by atoms with Crippen LogP contribution in [0.4, 0.5) is 9.18 Å². The highest BCUT2D eigenvalue weighted by molar-refractivity contribution is 7.93. The number of halogens is 1. The summed E-state index contributed by atoms with van der Waals surface area (Å²) in [5.74, 6) is -0.446. The van der Waals surface area contributed by atoms with Crippen LogP contribution >= 0.6 is 11.3 Å². The number of carbonyl (C=O) groups is 1. The van der Waals surface area contributed by atoms with Crippen LogP contribution < -0.4 is 5.32 Å². The second kappa shape index (κ2) is 7.10. The van der Waals surface area contributed by atoms with E-state index in [2.05, 4.69) is 5.32 Å². The molecule has 124 valence electrons. The summed E-state index contributed by atoms with van der Waals surface area (Å²) in [4.78, 5) is 13.0. The molecule has 0 bridgehead atoms. The van der Waals surface area contributed by atoms with Crippen molar-refractivity contribution >= 4 is 27.2 Å². The van der Waals surface area contributed by atoms with Crippen LogP contribution in [0.15, 0.2) is 46.0 Å². The van der Waals surface area contributed by atoms with Gasteiger partial charge in [0.25, 0.3) is 0 Å². The third kappa shape index (κ3) is 4.08. The first-order valence-electron chi connectivity index (χ1n) is 6.80. The molecule has 2 amide bonds. The molecule has 1 unspecified atom stereocenters. The molecule has 2 rings (SSSR count). The van der Waals surface area contributed by atoms with Gasteiger partial charge in [-0.2, -0.15) is 0 Å². The maximum absolute atomic E-state index is 13.1. The van der Waals surface area contributed by atoms with Crippen molar-refractivity contribution in [1.29, 1.82) is 0 Å². The molecule has 0 fully saturated rings. The molecule has 8 heteroatoms. The van der Waals surface area contributed by atoms with Gasteiger partial charge in [-0.3, -0.25) is 0 Å². The van der Waals surface area contributed by atoms with Crippen molar-refractivity contribution in [2.75, 3.05) is 20.6 Å². The van der Waals surface area contributed by atoms with Gasteiger partial charge in [0.05, 0.1) is 0 Å². The van der Waals surface area contributed by atoms with Crippen molar-refractivity contribution in [3.8, 4) is 0 Å². The molecular weight excluding hydrogens is 339 g/mol. The zero-order valence-electron chi connectivity index (χ0n) is 12.7. The summed E-state index contributed by atoms with van der Waals surface area (Å²) in [5.41, 5.74) is 0.429. The van der Waals surface area contributed by atoms with Gasteiger partial charge < -0.3 is 10.2 Å². The van der Waals surface area contributed by atoms with Crippen molar-refractivity contribution < 1.29 is 17.6 Å². The quantitative estimate of drug-likeness (QED) is 0.896. The van der Waals surface area contributed by atoms with Crippen molar-refractivity contribution in [1.82, 2.24) is 10.2 Å². The molecule has 5 nitrogen and oxygen atoms in total. The minimum absolute atomic E-state index is 0.0944. The summed E-state index contributed by atoms with van der Waals surface area (Å²) < 4.78 is 39.0. The number of amides is 2. The number of carbonyl (C=O) groups excluding carboxylic acids is 1. The number of hydrogen-bond donors (Lipinski definition) is 1. The average molecular weight is 356 g/mol. The predicted octanol–water partition coefficient (Wildman–Crippen LogP) is 2.67. The number of sulfone groups is 1. The van der Waals surface area contributed by atoms with E-state index in [1.165, 1.54) is 35.2 Å². The van der Waals surface area contributed by atoms with E-state index < -0.39 is 26.9 Å². The van der Waals surface area contributed by atoms with Gasteiger partial charge in [0.15, 0.2) is 9.84 Å². The SMILES string of the molecule is CN(C)C(=O)NCC(c1ccc(F)cc1)S(=O)(=O)c1cccs1. The zero-order chi connectivity index (χ0) is 17.0. The van der Waals surface area contributed by atoms with E-state index in [4.69, 9.17) is 0 Å². The summed E-state index contributed by atoms with van der Waals surface area (Å²) in [6.07, 6.45) is 0. The van der Waals surface area contributed by atoms with Gasteiger partial charge >= 0.3 is 6.03 Å². The van der Waals surface area contributed by atoms with Crippen LogP contribution in [0.5, 0.6) is 0 Å². The third-order valence-corrected chi connectivity index (χ3v) is 6.77. The lowest BCUT2D eigenvalue weighted by Crippen LogP contribution is -2.38. The Morgan fingerprint density at radius 2 is 1.91 bits per heavy atom. The van der Waals surface area contributed by atoms with E-state index in [9.17, 15) is 17.6 Å². The van der Waals surface area contributed by atoms with Gasteiger partial charge in [0.1, 0.15) is 15.3 Å². The molecule has 1 heterocycles. The van der Waals surface area contributed by atoms with Gasteiger partial charge in [-0.15, -0.1) is 11.3 Å². The highest BCUT2D eigenvalue weighted by Crippen LogP contribution is 2.31. The van der Waals surface area contributed by atoms with E-state index in [-0.39, 0.29) is 10.8 Å². The Kier molecular flexibility index (Phi) is 5.38. The molecule has 0 aliphatic carbocycles. The number of benzene rings is 1. The summed E-state index contributed by atoms with van der Waals surface area (Å²) in [7, 11) is -0.551. The van der Waals surface area contributed by atoms with E-state index in [0.29, 0.717) is 5.56 Å². The Bertz CT molecular complexity index is 757. The molecule has 1 N–H and O–H groups in total. The fourth-order valence-electron chi connectivity index (χ4n) is 1.99. The number of urea groups is 1. The maximum atomic E-state index is 13.1. The standard InChI is InChI=1S/C15H17FN2O3S2/c1-18(2)15(19)17-10-13(11-5-7-12(16)8-6-11)23(20,21)14-4-3-9-22-14/h3-9,13H,10H2,1-2H3,(H,17,19). The lowest BCUT2D eigenvalue weighted by Gasteiger charge is -2.19. The first-order valence-corrected chi connectivity index (χ1v) is 9.23. The van der Waals surface area contributed by atoms with Crippen molar-refractivity contribution in [2.24, 2.45) is 0 Å². The monoisotopic (exact) mass is 356 g/mol. The Morgan fingerprint density at radius 1 is 1.26 bits per heavy atom. The predicted molar refractivity (Wildman–Crippen MR) is 87.7 cm³/mol. The zero-order valence-corrected chi connectivity index (χ0v) is 14.3. The molecule has 0 saturated heterocycles. The van der Waals surface area contributed by atoms with E-state index in [1.807, 2.05) is 0 Å². The van der Waals surface area contributed by atoms with Crippen LogP contribution in [0.3, 0.4) is 0 Å². The van der Waals surface area contributed by atoms with E-state index >= 15 is 0 Å². The summed E-state index contributed by atoms with van der Waals surface area (Å²) in [6, 6.07) is 8.04. The van der Waals surface area contributed by atoms with Crippen molar-refractivity contribution in [3.63, 3.8) is 0 Å². The van der Waals surface area contributed by atoms with Crippen LogP contribution in [0.2, 0.25) is 0 Å². The number of nitrogens with one attached hydrogen (secondary N) is 1. The average Bonchev–Trinajstić information content (AvgIpc) is 3.03. The van der Waals surface area contributed by atoms with Crippen LogP contribution in [-0.4, -0.2) is 40.0 Å². The lowest BCUT2D eigenvalue weighted by atomic mass is 10.1. The molecule has 0 aliphatic heterocycles. The molecule has 0 spiro atoms. The topological polar surface area (TPSA) is 66.5 Å². The number of thiophene rings is 1. The summed E-state index contributed by atoms with van der Waals surface area (Å²) in [6.45, 7) is -0.0944. The second-order valence-electron chi connectivity index (χ2n) is 5.10. The van der Waals surface area contributed by atoms with E-state index in [1.54, 1.807) is 25.5 Å². The fourth-order valence-corrected chi connectivity index (χ4v) is 4.85. The molecule has 1 atom stereocenters. The van der Waals surface area contributed by atoms with Crippen molar-refractivity contribution in [3.05, 3.63) is 53.2 Å². The fraction of sp³-hybridized carbons (Fsp3) is 0.267. The van der Waals surface area contributed by atoms with Gasteiger partial charge in [-0.05, 0) is 29.1 Å². The van der Waals surface area contributed by atoms with Crippen molar-refractivity contribution in [2.45, 2.75) is 9.46 Å². The van der Waals surface area contributed by atoms with Gasteiger partial charge in [0, 0.05) is 20.6 Å². The van der Waals surface area contributed by atoms with Gasteiger partial charge in [0.2, 0.25) is 0 Å². The summed E-state index contributed by atoms with van der Waals surface area (Å²) in [5, 5.41) is 3.27. The molecule has 0 radical (unpaired) electrons. The highest BCUT2D eigenvalue weighted by Gasteiger charge is 2.30. The molecule has 2 aromatic rings. The van der Waals surface area contributed by atoms with Crippen LogP contribution in [-0.2, 0) is 9.84 Å². The first-order chi connectivity index (χ1) is 10.8. The molecule has 0 aliphatic rings. The third-order valence-electron chi connectivity index (χ3n) is 3.24.